The van der Waals surface area contributed by atoms with Crippen molar-refractivity contribution in [2.24, 2.45) is 24.8 Å². The lowest BCUT2D eigenvalue weighted by atomic mass is 9.83. The summed E-state index contributed by atoms with van der Waals surface area (Å²) in [5.74, 6) is 1.20. The Hall–Kier alpha value is -7.22. The molecular formula is C63H77FN12O6. The number of halogens is 1. The topological polar surface area (TPSA) is 203 Å². The second kappa shape index (κ2) is 23.6. The number of pyridine rings is 1. The lowest BCUT2D eigenvalue weighted by Crippen LogP contribution is -2.51. The van der Waals surface area contributed by atoms with Crippen molar-refractivity contribution in [1.82, 2.24) is 50.3 Å². The fraction of sp³-hybridized carbons (Fsp3) is 0.508. The van der Waals surface area contributed by atoms with Crippen LogP contribution in [0, 0.1) is 23.6 Å². The van der Waals surface area contributed by atoms with Crippen molar-refractivity contribution >= 4 is 45.1 Å². The maximum atomic E-state index is 17.1. The number of piperazine rings is 1. The van der Waals surface area contributed by atoms with Crippen LogP contribution >= 0.6 is 0 Å². The normalized spacial score (nSPS) is 21.7. The molecule has 7 aromatic rings. The Balaban J connectivity index is 0.634. The van der Waals surface area contributed by atoms with Gasteiger partial charge in [-0.1, -0.05) is 68.4 Å². The number of benzene rings is 3. The lowest BCUT2D eigenvalue weighted by molar-refractivity contribution is -0.141. The van der Waals surface area contributed by atoms with E-state index in [-0.39, 0.29) is 59.7 Å². The van der Waals surface area contributed by atoms with E-state index in [1.54, 1.807) is 24.5 Å². The number of carbonyl (C=O) groups is 2. The molecule has 5 saturated heterocycles. The molecule has 2 bridgehead atoms. The number of ether oxygens (including phenoxy) is 1. The summed E-state index contributed by atoms with van der Waals surface area (Å²) in [5.41, 5.74) is 4.81. The second-order valence-electron chi connectivity index (χ2n) is 24.1. The van der Waals surface area contributed by atoms with E-state index in [1.807, 2.05) is 87.1 Å². The van der Waals surface area contributed by atoms with E-state index in [2.05, 4.69) is 42.5 Å². The predicted molar refractivity (Wildman–Crippen MR) is 313 cm³/mol. The van der Waals surface area contributed by atoms with Crippen molar-refractivity contribution in [2.75, 3.05) is 68.8 Å². The number of phenolic OH excluding ortho intramolecular Hbond substituents is 1. The van der Waals surface area contributed by atoms with E-state index in [1.165, 1.54) is 11.3 Å². The number of piperidine rings is 2. The molecule has 0 spiro atoms. The third kappa shape index (κ3) is 11.3. The number of likely N-dealkylation sites (tertiary alicyclic amines) is 2. The number of anilines is 2. The molecule has 4 N–H and O–H groups in total. The fourth-order valence-corrected chi connectivity index (χ4v) is 13.8. The van der Waals surface area contributed by atoms with Crippen LogP contribution in [-0.2, 0) is 23.1 Å². The van der Waals surface area contributed by atoms with E-state index in [0.717, 1.165) is 123 Å². The standard InChI is InChI=1S/C63H77FN12O6/c1-6-41-8-7-9-44-29-47(77)30-49(56(41)44)58-57(64)59-50(33-65-58)60(75-34-45-14-15-46(35-75)68-45)70-63(69-59)81-27-26-73-22-17-39(18-23-73)28-40-19-24-74(25-20-40)54-32-53(82-71-54)55(37(2)3)62(80)76-36-48(78)31-52(76)61(79)67-38(4)42-10-12-43(13-11-42)51-16-21-66-72(51)5/h7-13,16,21,29-30,32-33,37-40,45-46,48,52,55,68,77-78H,6,14-15,17-20,22-28,31,34-36H2,1-5H3,(H,67,79)/t38-,45?,46?,48+,52-,55-/m0/s1. The number of rotatable bonds is 17. The van der Waals surface area contributed by atoms with Gasteiger partial charge in [0.15, 0.2) is 17.4 Å². The summed E-state index contributed by atoms with van der Waals surface area (Å²) in [6.07, 6.45) is 11.2. The summed E-state index contributed by atoms with van der Waals surface area (Å²) < 4.78 is 31.3. The van der Waals surface area contributed by atoms with E-state index < -0.39 is 23.9 Å². The highest BCUT2D eigenvalue weighted by molar-refractivity contribution is 6.02. The summed E-state index contributed by atoms with van der Waals surface area (Å²) in [6.45, 7) is 14.2. The maximum Gasteiger partial charge on any atom is 0.319 e. The fourth-order valence-electron chi connectivity index (χ4n) is 13.8. The zero-order valence-electron chi connectivity index (χ0n) is 47.8. The molecule has 0 aliphatic carbocycles. The SMILES string of the molecule is CCc1cccc2cc(O)cc(-c3ncc4c(N5CC6CCC(C5)N6)nc(OCCN5CCC(CC6CCN(c7cc([C@@H](C(=O)N8C[C@H](O)C[C@H]8C(=O)N[C@@H](C)c8ccc(-c9ccnn9C)cc8)C(C)C)on7)CC6)CC5)nc4c3F)c12. The van der Waals surface area contributed by atoms with Gasteiger partial charge in [0.25, 0.3) is 0 Å². The number of nitrogens with one attached hydrogen (secondary N) is 2. The largest absolute Gasteiger partial charge is 0.508 e. The molecule has 82 heavy (non-hydrogen) atoms. The molecule has 0 radical (unpaired) electrons. The first-order valence-corrected chi connectivity index (χ1v) is 29.8. The molecule has 4 aromatic heterocycles. The maximum absolute atomic E-state index is 17.1. The number of aromatic nitrogens is 6. The van der Waals surface area contributed by atoms with E-state index in [0.29, 0.717) is 59.6 Å². The Kier molecular flexibility index (Phi) is 15.9. The zero-order chi connectivity index (χ0) is 56.8. The van der Waals surface area contributed by atoms with Gasteiger partial charge in [-0.25, -0.2) is 4.39 Å². The number of phenols is 1. The van der Waals surface area contributed by atoms with Gasteiger partial charge in [0.1, 0.15) is 41.3 Å². The van der Waals surface area contributed by atoms with Crippen LogP contribution in [-0.4, -0.2) is 145 Å². The van der Waals surface area contributed by atoms with Crippen LogP contribution in [0.5, 0.6) is 11.8 Å². The first-order chi connectivity index (χ1) is 39.7. The molecule has 3 aromatic carbocycles. The molecule has 6 atom stereocenters. The Bertz CT molecular complexity index is 3410. The summed E-state index contributed by atoms with van der Waals surface area (Å²) in [7, 11) is 1.90. The highest BCUT2D eigenvalue weighted by Crippen LogP contribution is 2.40. The molecule has 0 saturated carbocycles. The average molecular weight is 1120 g/mol. The molecule has 18 nitrogen and oxygen atoms in total. The monoisotopic (exact) mass is 1120 g/mol. The van der Waals surface area contributed by atoms with Gasteiger partial charge in [-0.3, -0.25) is 24.2 Å². The second-order valence-corrected chi connectivity index (χ2v) is 24.1. The van der Waals surface area contributed by atoms with Gasteiger partial charge in [-0.15, -0.1) is 0 Å². The van der Waals surface area contributed by atoms with Crippen molar-refractivity contribution in [3.05, 3.63) is 102 Å². The van der Waals surface area contributed by atoms with Crippen molar-refractivity contribution < 1.29 is 33.5 Å². The minimum Gasteiger partial charge on any atom is -0.508 e. The molecule has 5 fully saturated rings. The molecule has 2 amide bonds. The molecular weight excluding hydrogens is 1040 g/mol. The van der Waals surface area contributed by atoms with Gasteiger partial charge in [0.2, 0.25) is 11.8 Å². The highest BCUT2D eigenvalue weighted by Gasteiger charge is 2.44. The molecule has 5 aliphatic rings. The van der Waals surface area contributed by atoms with Crippen molar-refractivity contribution in [3.8, 4) is 34.3 Å². The van der Waals surface area contributed by atoms with Gasteiger partial charge in [0.05, 0.1) is 23.2 Å². The lowest BCUT2D eigenvalue weighted by Gasteiger charge is -2.36. The Morgan fingerprint density at radius 1 is 0.902 bits per heavy atom. The number of aliphatic hydroxyl groups excluding tert-OH is 1. The smallest absolute Gasteiger partial charge is 0.319 e. The number of nitrogens with zero attached hydrogens (tertiary/aromatic N) is 10. The zero-order valence-corrected chi connectivity index (χ0v) is 47.8. The van der Waals surface area contributed by atoms with Gasteiger partial charge in [-0.2, -0.15) is 15.1 Å². The third-order valence-corrected chi connectivity index (χ3v) is 18.3. The molecule has 19 heteroatoms. The Morgan fingerprint density at radius 2 is 1.65 bits per heavy atom. The molecule has 2 unspecified atom stereocenters. The van der Waals surface area contributed by atoms with Crippen molar-refractivity contribution in [3.63, 3.8) is 0 Å². The van der Waals surface area contributed by atoms with E-state index in [4.69, 9.17) is 24.2 Å². The highest BCUT2D eigenvalue weighted by atomic mass is 19.1. The van der Waals surface area contributed by atoms with Crippen molar-refractivity contribution in [1.29, 1.82) is 0 Å². The molecule has 9 heterocycles. The number of aromatic hydroxyl groups is 1. The summed E-state index contributed by atoms with van der Waals surface area (Å²) in [6, 6.07) is 20.8. The van der Waals surface area contributed by atoms with Crippen LogP contribution in [0.3, 0.4) is 0 Å². The van der Waals surface area contributed by atoms with Gasteiger partial charge in [-0.05, 0) is 135 Å². The minimum atomic E-state index is -0.817. The first kappa shape index (κ1) is 55.3. The number of aliphatic hydroxyl groups is 1. The number of fused-ring (bicyclic) bond motifs is 4. The Morgan fingerprint density at radius 3 is 2.35 bits per heavy atom. The minimum absolute atomic E-state index is 0.0468. The van der Waals surface area contributed by atoms with E-state index >= 15 is 4.39 Å². The van der Waals surface area contributed by atoms with Crippen LogP contribution in [0.4, 0.5) is 16.0 Å². The molecule has 5 aliphatic heterocycles. The van der Waals surface area contributed by atoms with Crippen LogP contribution in [0.1, 0.15) is 108 Å². The number of carbonyl (C=O) groups excluding carboxylic acids is 2. The van der Waals surface area contributed by atoms with Gasteiger partial charge in [0, 0.05) is 88.8 Å². The number of hydrogen-bond donors (Lipinski definition) is 4. The van der Waals surface area contributed by atoms with Gasteiger partial charge < -0.3 is 44.8 Å². The first-order valence-electron chi connectivity index (χ1n) is 29.8. The molecule has 432 valence electrons. The number of amides is 2. The number of β-amino-alcohol motifs (C(OH)–C–C–N with tert-alkyl or cyclic N) is 1. The summed E-state index contributed by atoms with van der Waals surface area (Å²) in [4.78, 5) is 51.2. The van der Waals surface area contributed by atoms with E-state index in [9.17, 15) is 19.8 Å². The Labute approximate surface area is 478 Å². The third-order valence-electron chi connectivity index (χ3n) is 18.3. The number of aryl methyl sites for hydroxylation is 2. The van der Waals surface area contributed by atoms with Crippen molar-refractivity contribution in [2.45, 2.75) is 122 Å². The summed E-state index contributed by atoms with van der Waals surface area (Å²) >= 11 is 0. The van der Waals surface area contributed by atoms with Crippen LogP contribution in [0.15, 0.2) is 83.6 Å². The quantitative estimate of drug-likeness (QED) is 0.0675. The van der Waals surface area contributed by atoms with Crippen LogP contribution in [0.2, 0.25) is 0 Å². The average Bonchev–Trinajstić information content (AvgIpc) is 3.28. The predicted octanol–water partition coefficient (Wildman–Crippen LogP) is 8.56. The van der Waals surface area contributed by atoms with Crippen LogP contribution < -0.4 is 25.2 Å². The van der Waals surface area contributed by atoms with Gasteiger partial charge >= 0.3 is 6.01 Å². The summed E-state index contributed by atoms with van der Waals surface area (Å²) in [5, 5.41) is 39.4. The molecule has 12 rings (SSSR count). The van der Waals surface area contributed by atoms with Crippen LogP contribution in [0.25, 0.3) is 44.2 Å². The number of hydrogen-bond acceptors (Lipinski definition) is 15.